The molecule has 1 N–H and O–H groups in total. The molecule has 5 nitrogen and oxygen atoms in total. The van der Waals surface area contributed by atoms with Crippen molar-refractivity contribution in [1.29, 1.82) is 0 Å². The van der Waals surface area contributed by atoms with Gasteiger partial charge in [0.25, 0.3) is 5.91 Å². The monoisotopic (exact) mass is 401 g/mol. The maximum atomic E-state index is 12.5. The number of hydrogen-bond acceptors (Lipinski definition) is 5. The molecule has 28 heavy (non-hydrogen) atoms. The maximum Gasteiger partial charge on any atom is 0.341 e. The topological polar surface area (TPSA) is 64.6 Å². The third-order valence-corrected chi connectivity index (χ3v) is 6.33. The predicted octanol–water partition coefficient (Wildman–Crippen LogP) is 4.68. The predicted molar refractivity (Wildman–Crippen MR) is 112 cm³/mol. The summed E-state index contributed by atoms with van der Waals surface area (Å²) in [6, 6.07) is 5.76. The van der Waals surface area contributed by atoms with Gasteiger partial charge in [0.1, 0.15) is 10.8 Å². The molecule has 2 aromatic rings. The van der Waals surface area contributed by atoms with Crippen molar-refractivity contribution in [1.82, 2.24) is 0 Å². The summed E-state index contributed by atoms with van der Waals surface area (Å²) >= 11 is 1.49. The second kappa shape index (κ2) is 8.78. The van der Waals surface area contributed by atoms with E-state index < -0.39 is 0 Å². The van der Waals surface area contributed by atoms with Crippen molar-refractivity contribution >= 4 is 28.2 Å². The highest BCUT2D eigenvalue weighted by atomic mass is 32.1. The van der Waals surface area contributed by atoms with Gasteiger partial charge in [0.05, 0.1) is 12.2 Å². The average molecular weight is 402 g/mol. The van der Waals surface area contributed by atoms with Gasteiger partial charge in [-0.05, 0) is 68.7 Å². The number of ether oxygens (including phenoxy) is 2. The summed E-state index contributed by atoms with van der Waals surface area (Å²) in [5, 5.41) is 3.46. The van der Waals surface area contributed by atoms with Crippen LogP contribution in [0.4, 0.5) is 5.00 Å². The van der Waals surface area contributed by atoms with E-state index in [0.717, 1.165) is 36.0 Å². The average Bonchev–Trinajstić information content (AvgIpc) is 2.99. The second-order valence-electron chi connectivity index (χ2n) is 7.31. The third-order valence-electron chi connectivity index (χ3n) is 5.16. The summed E-state index contributed by atoms with van der Waals surface area (Å²) in [5.74, 6) is 0.635. The Labute approximate surface area is 170 Å². The van der Waals surface area contributed by atoms with Gasteiger partial charge in [-0.3, -0.25) is 4.79 Å². The Kier molecular flexibility index (Phi) is 6.39. The van der Waals surface area contributed by atoms with Gasteiger partial charge in [-0.15, -0.1) is 11.3 Å². The molecule has 0 spiro atoms. The van der Waals surface area contributed by atoms with Crippen molar-refractivity contribution in [2.45, 2.75) is 47.0 Å². The van der Waals surface area contributed by atoms with Crippen LogP contribution in [-0.2, 0) is 22.4 Å². The first kappa shape index (κ1) is 20.4. The maximum absolute atomic E-state index is 12.5. The van der Waals surface area contributed by atoms with Crippen LogP contribution in [0.2, 0.25) is 0 Å². The molecule has 0 unspecified atom stereocenters. The van der Waals surface area contributed by atoms with Crippen LogP contribution in [0.1, 0.15) is 52.2 Å². The fraction of sp³-hybridized carbons (Fsp3) is 0.455. The van der Waals surface area contributed by atoms with Crippen molar-refractivity contribution in [2.24, 2.45) is 5.92 Å². The first-order chi connectivity index (χ1) is 13.4. The molecule has 1 aliphatic carbocycles. The Bertz CT molecular complexity index is 887. The summed E-state index contributed by atoms with van der Waals surface area (Å²) in [4.78, 5) is 26.2. The van der Waals surface area contributed by atoms with Crippen molar-refractivity contribution in [3.63, 3.8) is 0 Å². The lowest BCUT2D eigenvalue weighted by Crippen LogP contribution is -2.21. The normalized spacial score (nSPS) is 15.6. The van der Waals surface area contributed by atoms with Crippen LogP contribution in [0.5, 0.6) is 5.75 Å². The number of aryl methyl sites for hydroxylation is 1. The highest BCUT2D eigenvalue weighted by Gasteiger charge is 2.29. The number of carbonyl (C=O) groups excluding carboxylic acids is 2. The minimum absolute atomic E-state index is 0.106. The first-order valence-corrected chi connectivity index (χ1v) is 10.5. The van der Waals surface area contributed by atoms with Crippen molar-refractivity contribution in [3.8, 4) is 5.75 Å². The molecule has 150 valence electrons. The standard InChI is InChI=1S/C22H27NO4S/c1-5-26-22(25)20-16-10-9-13(2)11-18(16)28-21(20)23-19(24)12-27-17-8-6-7-14(3)15(17)4/h6-8,13H,5,9-12H2,1-4H3,(H,23,24)/t13-/m0/s1. The van der Waals surface area contributed by atoms with Crippen molar-refractivity contribution in [2.75, 3.05) is 18.5 Å². The van der Waals surface area contributed by atoms with E-state index in [9.17, 15) is 9.59 Å². The molecule has 0 bridgehead atoms. The van der Waals surface area contributed by atoms with Crippen LogP contribution < -0.4 is 10.1 Å². The Morgan fingerprint density at radius 3 is 2.82 bits per heavy atom. The van der Waals surface area contributed by atoms with Gasteiger partial charge in [-0.25, -0.2) is 4.79 Å². The van der Waals surface area contributed by atoms with Crippen molar-refractivity contribution in [3.05, 3.63) is 45.3 Å². The molecule has 0 fully saturated rings. The van der Waals surface area contributed by atoms with Gasteiger partial charge in [0, 0.05) is 4.88 Å². The van der Waals surface area contributed by atoms with Gasteiger partial charge >= 0.3 is 5.97 Å². The van der Waals surface area contributed by atoms with Crippen LogP contribution in [0.25, 0.3) is 0 Å². The molecule has 0 aliphatic heterocycles. The SMILES string of the molecule is CCOC(=O)c1c(NC(=O)COc2cccc(C)c2C)sc2c1CC[C@H](C)C2. The minimum Gasteiger partial charge on any atom is -0.483 e. The van der Waals surface area contributed by atoms with Crippen LogP contribution in [-0.4, -0.2) is 25.1 Å². The lowest BCUT2D eigenvalue weighted by molar-refractivity contribution is -0.118. The third kappa shape index (κ3) is 4.38. The molecular formula is C22H27NO4S. The molecule has 3 rings (SSSR count). The fourth-order valence-electron chi connectivity index (χ4n) is 3.44. The molecule has 1 aromatic heterocycles. The molecule has 0 radical (unpaired) electrons. The van der Waals surface area contributed by atoms with Gasteiger partial charge < -0.3 is 14.8 Å². The Morgan fingerprint density at radius 2 is 2.07 bits per heavy atom. The number of thiophene rings is 1. The molecule has 1 heterocycles. The number of benzene rings is 1. The number of carbonyl (C=O) groups is 2. The van der Waals surface area contributed by atoms with Crippen LogP contribution in [0.3, 0.4) is 0 Å². The van der Waals surface area contributed by atoms with E-state index >= 15 is 0 Å². The Morgan fingerprint density at radius 1 is 1.29 bits per heavy atom. The zero-order valence-corrected chi connectivity index (χ0v) is 17.7. The van der Waals surface area contributed by atoms with E-state index in [4.69, 9.17) is 9.47 Å². The summed E-state index contributed by atoms with van der Waals surface area (Å²) in [6.07, 6.45) is 2.82. The van der Waals surface area contributed by atoms with E-state index in [0.29, 0.717) is 28.8 Å². The number of rotatable bonds is 6. The van der Waals surface area contributed by atoms with Gasteiger partial charge in [0.2, 0.25) is 0 Å². The molecule has 6 heteroatoms. The largest absolute Gasteiger partial charge is 0.483 e. The molecular weight excluding hydrogens is 374 g/mol. The number of amides is 1. The summed E-state index contributed by atoms with van der Waals surface area (Å²) in [7, 11) is 0. The number of esters is 1. The molecule has 1 aliphatic rings. The Hall–Kier alpha value is -2.34. The van der Waals surface area contributed by atoms with Gasteiger partial charge in [0.15, 0.2) is 6.61 Å². The number of anilines is 1. The smallest absolute Gasteiger partial charge is 0.341 e. The van der Waals surface area contributed by atoms with Crippen LogP contribution in [0, 0.1) is 19.8 Å². The highest BCUT2D eigenvalue weighted by molar-refractivity contribution is 7.17. The number of fused-ring (bicyclic) bond motifs is 1. The van der Waals surface area contributed by atoms with Gasteiger partial charge in [-0.1, -0.05) is 19.1 Å². The summed E-state index contributed by atoms with van der Waals surface area (Å²) in [6.45, 7) is 8.17. The van der Waals surface area contributed by atoms with E-state index in [1.807, 2.05) is 32.0 Å². The zero-order chi connectivity index (χ0) is 20.3. The Balaban J connectivity index is 1.76. The molecule has 0 saturated heterocycles. The lowest BCUT2D eigenvalue weighted by atomic mass is 9.88. The van der Waals surface area contributed by atoms with Crippen molar-refractivity contribution < 1.29 is 19.1 Å². The first-order valence-electron chi connectivity index (χ1n) is 9.71. The van der Waals surface area contributed by atoms with E-state index in [1.165, 1.54) is 16.2 Å². The summed E-state index contributed by atoms with van der Waals surface area (Å²) < 4.78 is 10.9. The quantitative estimate of drug-likeness (QED) is 0.714. The molecule has 1 amide bonds. The minimum atomic E-state index is -0.361. The van der Waals surface area contributed by atoms with Crippen LogP contribution >= 0.6 is 11.3 Å². The number of hydrogen-bond donors (Lipinski definition) is 1. The molecule has 1 atom stereocenters. The fourth-order valence-corrected chi connectivity index (χ4v) is 4.86. The van der Waals surface area contributed by atoms with E-state index in [1.54, 1.807) is 6.92 Å². The zero-order valence-electron chi connectivity index (χ0n) is 16.9. The second-order valence-corrected chi connectivity index (χ2v) is 8.42. The van der Waals surface area contributed by atoms with Crippen LogP contribution in [0.15, 0.2) is 18.2 Å². The number of nitrogens with one attached hydrogen (secondary N) is 1. The molecule has 1 aromatic carbocycles. The highest BCUT2D eigenvalue weighted by Crippen LogP contribution is 2.40. The van der Waals surface area contributed by atoms with E-state index in [2.05, 4.69) is 12.2 Å². The van der Waals surface area contributed by atoms with Gasteiger partial charge in [-0.2, -0.15) is 0 Å². The molecule has 0 saturated carbocycles. The van der Waals surface area contributed by atoms with E-state index in [-0.39, 0.29) is 18.5 Å². The summed E-state index contributed by atoms with van der Waals surface area (Å²) in [5.41, 5.74) is 3.69. The lowest BCUT2D eigenvalue weighted by Gasteiger charge is -2.18.